The van der Waals surface area contributed by atoms with Crippen LogP contribution in [0.2, 0.25) is 0 Å². The van der Waals surface area contributed by atoms with Gasteiger partial charge < -0.3 is 5.11 Å². The second kappa shape index (κ2) is 5.07. The molecule has 4 heteroatoms. The fourth-order valence-electron chi connectivity index (χ4n) is 2.70. The molecule has 21 heavy (non-hydrogen) atoms. The van der Waals surface area contributed by atoms with Gasteiger partial charge in [-0.3, -0.25) is 14.4 Å². The molecule has 0 aromatic heterocycles. The van der Waals surface area contributed by atoms with E-state index in [0.717, 1.165) is 22.3 Å². The lowest BCUT2D eigenvalue weighted by Crippen LogP contribution is -2.04. The van der Waals surface area contributed by atoms with Crippen LogP contribution in [0.25, 0.3) is 11.1 Å². The molecule has 0 saturated carbocycles. The lowest BCUT2D eigenvalue weighted by Gasteiger charge is -2.03. The van der Waals surface area contributed by atoms with E-state index >= 15 is 0 Å². The Balaban J connectivity index is 2.03. The van der Waals surface area contributed by atoms with Crippen molar-refractivity contribution in [2.75, 3.05) is 6.61 Å². The van der Waals surface area contributed by atoms with Gasteiger partial charge in [-0.2, -0.15) is 0 Å². The van der Waals surface area contributed by atoms with E-state index < -0.39 is 12.4 Å². The number of carbonyl (C=O) groups is 3. The molecule has 1 N–H and O–H groups in total. The van der Waals surface area contributed by atoms with Crippen molar-refractivity contribution >= 4 is 17.9 Å². The standard InChI is InChI=1S/C17H12O4/c18-8-16(20)10-1-3-14-12(5-10)7-13-6-11(17(21)9-19)2-4-15(13)14/h1-6,8,19H,7,9H2. The minimum Gasteiger partial charge on any atom is -0.388 e. The number of benzene rings is 2. The fourth-order valence-corrected chi connectivity index (χ4v) is 2.70. The van der Waals surface area contributed by atoms with E-state index in [1.165, 1.54) is 0 Å². The van der Waals surface area contributed by atoms with E-state index in [4.69, 9.17) is 5.11 Å². The molecule has 1 aliphatic rings. The van der Waals surface area contributed by atoms with Crippen molar-refractivity contribution in [1.29, 1.82) is 0 Å². The number of fused-ring (bicyclic) bond motifs is 3. The molecule has 0 fully saturated rings. The normalized spacial score (nSPS) is 11.7. The minimum atomic E-state index is -0.537. The number of rotatable bonds is 4. The maximum atomic E-state index is 11.5. The number of aliphatic hydroxyl groups excluding tert-OH is 1. The van der Waals surface area contributed by atoms with Crippen molar-refractivity contribution in [1.82, 2.24) is 0 Å². The highest BCUT2D eigenvalue weighted by atomic mass is 16.3. The molecular formula is C17H12O4. The van der Waals surface area contributed by atoms with E-state index in [1.54, 1.807) is 24.3 Å². The fraction of sp³-hybridized carbons (Fsp3) is 0.118. The molecule has 0 bridgehead atoms. The summed E-state index contributed by atoms with van der Waals surface area (Å²) in [6.45, 7) is -0.510. The monoisotopic (exact) mass is 280 g/mol. The average molecular weight is 280 g/mol. The molecule has 2 aromatic rings. The molecule has 4 nitrogen and oxygen atoms in total. The van der Waals surface area contributed by atoms with Gasteiger partial charge in [0.1, 0.15) is 6.61 Å². The topological polar surface area (TPSA) is 71.4 Å². The number of ketones is 2. The van der Waals surface area contributed by atoms with Crippen molar-refractivity contribution < 1.29 is 19.5 Å². The van der Waals surface area contributed by atoms with Crippen molar-refractivity contribution in [3.63, 3.8) is 0 Å². The Hall–Kier alpha value is -2.59. The van der Waals surface area contributed by atoms with E-state index in [2.05, 4.69) is 0 Å². The van der Waals surface area contributed by atoms with Gasteiger partial charge in [0.15, 0.2) is 12.1 Å². The van der Waals surface area contributed by atoms with Gasteiger partial charge in [-0.25, -0.2) is 0 Å². The Morgan fingerprint density at radius 2 is 1.57 bits per heavy atom. The van der Waals surface area contributed by atoms with E-state index in [9.17, 15) is 14.4 Å². The molecule has 0 spiro atoms. The first kappa shape index (κ1) is 13.4. The summed E-state index contributed by atoms with van der Waals surface area (Å²) in [6, 6.07) is 10.5. The van der Waals surface area contributed by atoms with Crippen LogP contribution in [0, 0.1) is 0 Å². The molecular weight excluding hydrogens is 268 g/mol. The Kier molecular flexibility index (Phi) is 3.23. The first-order valence-corrected chi connectivity index (χ1v) is 6.54. The zero-order valence-electron chi connectivity index (χ0n) is 11.1. The lowest BCUT2D eigenvalue weighted by atomic mass is 10.0. The summed E-state index contributed by atoms with van der Waals surface area (Å²) in [5.41, 5.74) is 4.84. The van der Waals surface area contributed by atoms with Crippen LogP contribution in [-0.2, 0) is 11.2 Å². The summed E-state index contributed by atoms with van der Waals surface area (Å²) >= 11 is 0. The van der Waals surface area contributed by atoms with Crippen LogP contribution < -0.4 is 0 Å². The zero-order chi connectivity index (χ0) is 15.0. The maximum Gasteiger partial charge on any atom is 0.225 e. The van der Waals surface area contributed by atoms with E-state index in [-0.39, 0.29) is 5.78 Å². The summed E-state index contributed by atoms with van der Waals surface area (Å²) in [7, 11) is 0. The lowest BCUT2D eigenvalue weighted by molar-refractivity contribution is -0.104. The van der Waals surface area contributed by atoms with Crippen molar-refractivity contribution in [3.8, 4) is 11.1 Å². The van der Waals surface area contributed by atoms with Gasteiger partial charge in [-0.15, -0.1) is 0 Å². The van der Waals surface area contributed by atoms with Gasteiger partial charge in [0.2, 0.25) is 5.78 Å². The third-order valence-corrected chi connectivity index (χ3v) is 3.74. The van der Waals surface area contributed by atoms with Crippen LogP contribution in [0.3, 0.4) is 0 Å². The molecule has 1 aliphatic carbocycles. The number of aldehydes is 1. The molecule has 0 aliphatic heterocycles. The molecule has 0 unspecified atom stereocenters. The van der Waals surface area contributed by atoms with Crippen LogP contribution in [0.4, 0.5) is 0 Å². The number of Topliss-reactive ketones (excluding diaryl/α,β-unsaturated/α-hetero) is 2. The molecule has 0 atom stereocenters. The molecule has 3 rings (SSSR count). The molecule has 2 aromatic carbocycles. The molecule has 104 valence electrons. The van der Waals surface area contributed by atoms with Crippen LogP contribution >= 0.6 is 0 Å². The highest BCUT2D eigenvalue weighted by Crippen LogP contribution is 2.37. The van der Waals surface area contributed by atoms with Crippen LogP contribution in [-0.4, -0.2) is 29.6 Å². The van der Waals surface area contributed by atoms with Gasteiger partial charge in [0.25, 0.3) is 0 Å². The predicted molar refractivity (Wildman–Crippen MR) is 76.5 cm³/mol. The molecule has 0 amide bonds. The van der Waals surface area contributed by atoms with Gasteiger partial charge in [-0.1, -0.05) is 24.3 Å². The Bertz CT molecular complexity index is 774. The third kappa shape index (κ3) is 2.19. The maximum absolute atomic E-state index is 11.5. The van der Waals surface area contributed by atoms with Crippen LogP contribution in [0.5, 0.6) is 0 Å². The number of hydrogen-bond acceptors (Lipinski definition) is 4. The first-order chi connectivity index (χ1) is 10.1. The van der Waals surface area contributed by atoms with Gasteiger partial charge in [0, 0.05) is 11.1 Å². The average Bonchev–Trinajstić information content (AvgIpc) is 2.89. The number of hydrogen-bond donors (Lipinski definition) is 1. The Labute approximate surface area is 121 Å². The SMILES string of the molecule is O=CC(=O)c1ccc2c(c1)Cc1cc(C(=O)CO)ccc1-2. The van der Waals surface area contributed by atoms with Gasteiger partial charge >= 0.3 is 0 Å². The van der Waals surface area contributed by atoms with Crippen LogP contribution in [0.15, 0.2) is 36.4 Å². The summed E-state index contributed by atoms with van der Waals surface area (Å²) in [5.74, 6) is -0.851. The third-order valence-electron chi connectivity index (χ3n) is 3.74. The number of carbonyl (C=O) groups excluding carboxylic acids is 3. The number of aliphatic hydroxyl groups is 1. The highest BCUT2D eigenvalue weighted by molar-refractivity contribution is 6.33. The summed E-state index contributed by atoms with van der Waals surface area (Å²) in [4.78, 5) is 33.5. The van der Waals surface area contributed by atoms with Crippen molar-refractivity contribution in [2.45, 2.75) is 6.42 Å². The summed E-state index contributed by atoms with van der Waals surface area (Å²) in [6.07, 6.45) is 0.916. The van der Waals surface area contributed by atoms with E-state index in [1.807, 2.05) is 12.1 Å². The van der Waals surface area contributed by atoms with Gasteiger partial charge in [-0.05, 0) is 40.8 Å². The Morgan fingerprint density at radius 1 is 1.00 bits per heavy atom. The Morgan fingerprint density at radius 3 is 2.14 bits per heavy atom. The minimum absolute atomic E-state index is 0.307. The highest BCUT2D eigenvalue weighted by Gasteiger charge is 2.21. The second-order valence-corrected chi connectivity index (χ2v) is 4.98. The second-order valence-electron chi connectivity index (χ2n) is 4.98. The zero-order valence-corrected chi connectivity index (χ0v) is 11.1. The molecule has 0 heterocycles. The predicted octanol–water partition coefficient (Wildman–Crippen LogP) is 1.81. The quantitative estimate of drug-likeness (QED) is 0.449. The smallest absolute Gasteiger partial charge is 0.225 e. The van der Waals surface area contributed by atoms with Crippen molar-refractivity contribution in [3.05, 3.63) is 58.7 Å². The van der Waals surface area contributed by atoms with Crippen molar-refractivity contribution in [2.24, 2.45) is 0 Å². The largest absolute Gasteiger partial charge is 0.388 e. The summed E-state index contributed by atoms with van der Waals surface area (Å²) in [5, 5.41) is 8.91. The molecule has 0 radical (unpaired) electrons. The van der Waals surface area contributed by atoms with Gasteiger partial charge in [0.05, 0.1) is 0 Å². The molecule has 0 saturated heterocycles. The van der Waals surface area contributed by atoms with E-state index in [0.29, 0.717) is 23.8 Å². The summed E-state index contributed by atoms with van der Waals surface area (Å²) < 4.78 is 0. The first-order valence-electron chi connectivity index (χ1n) is 6.54. The van der Waals surface area contributed by atoms with Crippen LogP contribution in [0.1, 0.15) is 31.8 Å².